The fraction of sp³-hybridized carbons (Fsp3) is 0.394. The van der Waals surface area contributed by atoms with Gasteiger partial charge in [0.25, 0.3) is 5.91 Å². The van der Waals surface area contributed by atoms with Gasteiger partial charge in [-0.15, -0.1) is 0 Å². The maximum atomic E-state index is 12.2. The third-order valence-electron chi connectivity index (χ3n) is 6.90. The molecule has 0 aliphatic carbocycles. The molecule has 0 aliphatic rings. The number of carboxylic acids is 1. The zero-order valence-corrected chi connectivity index (χ0v) is 24.2. The minimum Gasteiger partial charge on any atom is -0.491 e. The third-order valence-corrected chi connectivity index (χ3v) is 6.90. The van der Waals surface area contributed by atoms with Gasteiger partial charge in [0.15, 0.2) is 0 Å². The van der Waals surface area contributed by atoms with Crippen LogP contribution in [0.25, 0.3) is 11.1 Å². The third kappa shape index (κ3) is 8.34. The smallest absolute Gasteiger partial charge is 0.305 e. The normalized spacial score (nSPS) is 12.2. The first-order valence-electron chi connectivity index (χ1n) is 13.6. The highest BCUT2D eigenvalue weighted by molar-refractivity contribution is 5.94. The molecule has 0 heterocycles. The van der Waals surface area contributed by atoms with Crippen molar-refractivity contribution in [3.8, 4) is 16.9 Å². The Labute approximate surface area is 232 Å². The SMILES string of the molecule is Cc1cc(OC[C@@H](Nc2ccc(C(=O)NCCC(=O)O)cc2)C(C)C)cc(C)c1-c1ccc(C(C)(C)C)cc1. The van der Waals surface area contributed by atoms with E-state index in [-0.39, 0.29) is 30.3 Å². The summed E-state index contributed by atoms with van der Waals surface area (Å²) >= 11 is 0. The van der Waals surface area contributed by atoms with Gasteiger partial charge in [-0.05, 0) is 89.4 Å². The first kappa shape index (κ1) is 29.8. The summed E-state index contributed by atoms with van der Waals surface area (Å²) in [5, 5.41) is 14.9. The zero-order chi connectivity index (χ0) is 28.7. The lowest BCUT2D eigenvalue weighted by atomic mass is 9.85. The minimum absolute atomic E-state index is 0.0606. The van der Waals surface area contributed by atoms with Crippen molar-refractivity contribution >= 4 is 17.6 Å². The van der Waals surface area contributed by atoms with Crippen LogP contribution in [-0.4, -0.2) is 36.2 Å². The van der Waals surface area contributed by atoms with Crippen molar-refractivity contribution in [2.45, 2.75) is 66.3 Å². The standard InChI is InChI=1S/C33H42N2O4/c1-21(2)29(35-27-14-10-25(11-15-27)32(38)34-17-16-30(36)37)20-39-28-18-22(3)31(23(4)19-28)24-8-12-26(13-9-24)33(5,6)7/h8-15,18-19,21,29,35H,16-17,20H2,1-7H3,(H,34,38)(H,36,37)/t29-/m1/s1. The lowest BCUT2D eigenvalue weighted by molar-refractivity contribution is -0.136. The molecule has 39 heavy (non-hydrogen) atoms. The molecular formula is C33H42N2O4. The Morgan fingerprint density at radius 1 is 0.923 bits per heavy atom. The first-order chi connectivity index (χ1) is 18.3. The van der Waals surface area contributed by atoms with E-state index in [1.54, 1.807) is 12.1 Å². The molecule has 6 heteroatoms. The van der Waals surface area contributed by atoms with Crippen LogP contribution in [0.15, 0.2) is 60.7 Å². The Balaban J connectivity index is 1.64. The first-order valence-corrected chi connectivity index (χ1v) is 13.6. The van der Waals surface area contributed by atoms with E-state index in [0.29, 0.717) is 18.1 Å². The number of hydrogen-bond acceptors (Lipinski definition) is 4. The van der Waals surface area contributed by atoms with Crippen LogP contribution in [0.4, 0.5) is 5.69 Å². The summed E-state index contributed by atoms with van der Waals surface area (Å²) in [6.45, 7) is 15.8. The highest BCUT2D eigenvalue weighted by Crippen LogP contribution is 2.33. The molecule has 3 rings (SSSR count). The van der Waals surface area contributed by atoms with Gasteiger partial charge in [0, 0.05) is 17.8 Å². The number of carbonyl (C=O) groups is 2. The van der Waals surface area contributed by atoms with E-state index < -0.39 is 5.97 Å². The van der Waals surface area contributed by atoms with Crippen LogP contribution in [0.1, 0.15) is 68.1 Å². The molecule has 0 aromatic heterocycles. The van der Waals surface area contributed by atoms with Crippen molar-refractivity contribution in [1.29, 1.82) is 0 Å². The summed E-state index contributed by atoms with van der Waals surface area (Å²) in [5.74, 6) is -0.0671. The van der Waals surface area contributed by atoms with Gasteiger partial charge in [0.1, 0.15) is 12.4 Å². The Bertz CT molecular complexity index is 1250. The van der Waals surface area contributed by atoms with Crippen LogP contribution in [-0.2, 0) is 10.2 Å². The molecule has 0 spiro atoms. The monoisotopic (exact) mass is 530 g/mol. The van der Waals surface area contributed by atoms with E-state index in [4.69, 9.17) is 9.84 Å². The summed E-state index contributed by atoms with van der Waals surface area (Å²) < 4.78 is 6.27. The minimum atomic E-state index is -0.941. The van der Waals surface area contributed by atoms with Gasteiger partial charge in [-0.2, -0.15) is 0 Å². The van der Waals surface area contributed by atoms with Crippen molar-refractivity contribution < 1.29 is 19.4 Å². The molecule has 0 saturated heterocycles. The van der Waals surface area contributed by atoms with E-state index >= 15 is 0 Å². The summed E-state index contributed by atoms with van der Waals surface area (Å²) in [5.41, 5.74) is 7.64. The van der Waals surface area contributed by atoms with Crippen LogP contribution in [0.5, 0.6) is 5.75 Å². The van der Waals surface area contributed by atoms with Crippen LogP contribution < -0.4 is 15.4 Å². The average Bonchev–Trinajstić information content (AvgIpc) is 2.86. The van der Waals surface area contributed by atoms with Crippen LogP contribution in [0.2, 0.25) is 0 Å². The molecule has 0 bridgehead atoms. The number of benzene rings is 3. The fourth-order valence-electron chi connectivity index (χ4n) is 4.50. The van der Waals surface area contributed by atoms with Gasteiger partial charge in [-0.1, -0.05) is 58.9 Å². The van der Waals surface area contributed by atoms with Crippen molar-refractivity contribution in [2.75, 3.05) is 18.5 Å². The van der Waals surface area contributed by atoms with Crippen molar-refractivity contribution in [3.63, 3.8) is 0 Å². The second-order valence-electron chi connectivity index (χ2n) is 11.5. The Morgan fingerprint density at radius 3 is 2.03 bits per heavy atom. The summed E-state index contributed by atoms with van der Waals surface area (Å²) in [7, 11) is 0. The molecule has 3 N–H and O–H groups in total. The predicted octanol–water partition coefficient (Wildman–Crippen LogP) is 6.99. The molecule has 6 nitrogen and oxygen atoms in total. The second kappa shape index (κ2) is 12.8. The lowest BCUT2D eigenvalue weighted by Gasteiger charge is -2.24. The molecule has 1 atom stereocenters. The summed E-state index contributed by atoms with van der Waals surface area (Å²) in [6.07, 6.45) is -0.103. The molecule has 0 fully saturated rings. The van der Waals surface area contributed by atoms with E-state index in [1.807, 2.05) is 12.1 Å². The topological polar surface area (TPSA) is 87.7 Å². The summed E-state index contributed by atoms with van der Waals surface area (Å²) in [4.78, 5) is 22.8. The van der Waals surface area contributed by atoms with Gasteiger partial charge in [0.05, 0.1) is 12.5 Å². The Hall–Kier alpha value is -3.80. The summed E-state index contributed by atoms with van der Waals surface area (Å²) in [6, 6.07) is 20.3. The maximum absolute atomic E-state index is 12.2. The number of hydrogen-bond donors (Lipinski definition) is 3. The number of ether oxygens (including phenoxy) is 1. The molecule has 0 aliphatic heterocycles. The highest BCUT2D eigenvalue weighted by atomic mass is 16.5. The maximum Gasteiger partial charge on any atom is 0.305 e. The number of nitrogens with one attached hydrogen (secondary N) is 2. The van der Waals surface area contributed by atoms with Crippen LogP contribution in [0.3, 0.4) is 0 Å². The quantitative estimate of drug-likeness (QED) is 0.249. The molecule has 3 aromatic rings. The van der Waals surface area contributed by atoms with Gasteiger partial charge in [-0.3, -0.25) is 9.59 Å². The molecule has 1 amide bonds. The van der Waals surface area contributed by atoms with Crippen LogP contribution in [0, 0.1) is 19.8 Å². The van der Waals surface area contributed by atoms with E-state index in [9.17, 15) is 9.59 Å². The van der Waals surface area contributed by atoms with E-state index in [2.05, 4.69) is 95.5 Å². The molecule has 0 radical (unpaired) electrons. The Morgan fingerprint density at radius 2 is 1.51 bits per heavy atom. The second-order valence-corrected chi connectivity index (χ2v) is 11.5. The molecular weight excluding hydrogens is 488 g/mol. The van der Waals surface area contributed by atoms with Gasteiger partial charge in [0.2, 0.25) is 0 Å². The van der Waals surface area contributed by atoms with E-state index in [1.165, 1.54) is 27.8 Å². The van der Waals surface area contributed by atoms with E-state index in [0.717, 1.165) is 11.4 Å². The number of carboxylic acid groups (broad SMARTS) is 1. The lowest BCUT2D eigenvalue weighted by Crippen LogP contribution is -2.32. The number of rotatable bonds is 11. The number of aryl methyl sites for hydroxylation is 2. The largest absolute Gasteiger partial charge is 0.491 e. The number of amides is 1. The predicted molar refractivity (Wildman–Crippen MR) is 159 cm³/mol. The van der Waals surface area contributed by atoms with Crippen molar-refractivity contribution in [3.05, 3.63) is 82.9 Å². The number of carbonyl (C=O) groups excluding carboxylic acids is 1. The molecule has 3 aromatic carbocycles. The van der Waals surface area contributed by atoms with Crippen molar-refractivity contribution in [2.24, 2.45) is 5.92 Å². The van der Waals surface area contributed by atoms with Gasteiger partial charge in [-0.25, -0.2) is 0 Å². The zero-order valence-electron chi connectivity index (χ0n) is 24.2. The molecule has 0 unspecified atom stereocenters. The average molecular weight is 531 g/mol. The highest BCUT2D eigenvalue weighted by Gasteiger charge is 2.17. The van der Waals surface area contributed by atoms with Gasteiger partial charge < -0.3 is 20.5 Å². The van der Waals surface area contributed by atoms with Crippen LogP contribution >= 0.6 is 0 Å². The number of anilines is 1. The number of aliphatic carboxylic acids is 1. The van der Waals surface area contributed by atoms with Crippen molar-refractivity contribution in [1.82, 2.24) is 5.32 Å². The fourth-order valence-corrected chi connectivity index (χ4v) is 4.50. The molecule has 208 valence electrons. The Kier molecular flexibility index (Phi) is 9.79. The van der Waals surface area contributed by atoms with Gasteiger partial charge >= 0.3 is 5.97 Å². The molecule has 0 saturated carbocycles.